The van der Waals surface area contributed by atoms with Crippen LogP contribution in [0.1, 0.15) is 35.1 Å². The Hall–Kier alpha value is -2.27. The molecule has 5 heteroatoms. The molecule has 1 aliphatic rings. The Morgan fingerprint density at radius 3 is 2.62 bits per heavy atom. The summed E-state index contributed by atoms with van der Waals surface area (Å²) in [7, 11) is 0. The summed E-state index contributed by atoms with van der Waals surface area (Å²) in [5.41, 5.74) is 4.40. The zero-order valence-electron chi connectivity index (χ0n) is 13.4. The minimum atomic E-state index is -0.846. The van der Waals surface area contributed by atoms with Gasteiger partial charge in [0.25, 0.3) is 0 Å². The fraction of sp³-hybridized carbons (Fsp3) is 0.316. The second kappa shape index (κ2) is 7.53. The Morgan fingerprint density at radius 1 is 1.00 bits per heavy atom. The van der Waals surface area contributed by atoms with E-state index in [2.05, 4.69) is 22.8 Å². The third-order valence-corrected chi connectivity index (χ3v) is 4.24. The number of carbonyl (C=O) groups excluding carboxylic acids is 1. The fourth-order valence-corrected chi connectivity index (χ4v) is 2.90. The van der Waals surface area contributed by atoms with Crippen LogP contribution < -0.4 is 10.6 Å². The van der Waals surface area contributed by atoms with Crippen LogP contribution in [0.2, 0.25) is 0 Å². The van der Waals surface area contributed by atoms with E-state index < -0.39 is 11.6 Å². The molecule has 0 fully saturated rings. The highest BCUT2D eigenvalue weighted by atomic mass is 19.2. The molecule has 0 aromatic heterocycles. The number of amides is 1. The molecule has 3 nitrogen and oxygen atoms in total. The molecule has 0 spiro atoms. The lowest BCUT2D eigenvalue weighted by Crippen LogP contribution is -2.22. The first-order valence-electron chi connectivity index (χ1n) is 8.14. The normalized spacial score (nSPS) is 12.9. The Labute approximate surface area is 140 Å². The van der Waals surface area contributed by atoms with E-state index in [1.54, 1.807) is 6.07 Å². The molecule has 0 aliphatic carbocycles. The summed E-state index contributed by atoms with van der Waals surface area (Å²) in [6.07, 6.45) is 1.52. The third kappa shape index (κ3) is 4.17. The van der Waals surface area contributed by atoms with Crippen molar-refractivity contribution in [3.05, 3.63) is 70.3 Å². The summed E-state index contributed by atoms with van der Waals surface area (Å²) < 4.78 is 26.0. The number of halogens is 2. The first-order chi connectivity index (χ1) is 11.6. The van der Waals surface area contributed by atoms with Crippen LogP contribution >= 0.6 is 0 Å². The number of hydrogen-bond donors (Lipinski definition) is 2. The molecular formula is C19H20F2N2O. The average Bonchev–Trinajstić information content (AvgIpc) is 3.04. The lowest BCUT2D eigenvalue weighted by Gasteiger charge is -2.07. The number of aryl methyl sites for hydroxylation is 1. The van der Waals surface area contributed by atoms with Crippen LogP contribution in [0.5, 0.6) is 0 Å². The van der Waals surface area contributed by atoms with Gasteiger partial charge in [0, 0.05) is 26.1 Å². The van der Waals surface area contributed by atoms with Crippen molar-refractivity contribution in [3.63, 3.8) is 0 Å². The standard InChI is InChI=1S/C19H20F2N2O/c20-17-7-5-13(9-18(17)21)2-1-3-19(24)23-10-14-4-6-15-11-22-12-16(15)8-14/h4-9,22H,1-3,10-12H2,(H,23,24). The second-order valence-electron chi connectivity index (χ2n) is 6.09. The molecule has 0 unspecified atom stereocenters. The average molecular weight is 330 g/mol. The van der Waals surface area contributed by atoms with E-state index in [0.29, 0.717) is 31.4 Å². The van der Waals surface area contributed by atoms with Gasteiger partial charge in [-0.15, -0.1) is 0 Å². The van der Waals surface area contributed by atoms with Crippen LogP contribution in [0.4, 0.5) is 8.78 Å². The highest BCUT2D eigenvalue weighted by Gasteiger charge is 2.10. The smallest absolute Gasteiger partial charge is 0.220 e. The SMILES string of the molecule is O=C(CCCc1ccc(F)c(F)c1)NCc1ccc2c(c1)CNC2. The maximum Gasteiger partial charge on any atom is 0.220 e. The van der Waals surface area contributed by atoms with Crippen LogP contribution in [0.25, 0.3) is 0 Å². The number of carbonyl (C=O) groups is 1. The van der Waals surface area contributed by atoms with Crippen molar-refractivity contribution < 1.29 is 13.6 Å². The van der Waals surface area contributed by atoms with Gasteiger partial charge in [-0.2, -0.15) is 0 Å². The first-order valence-corrected chi connectivity index (χ1v) is 8.14. The third-order valence-electron chi connectivity index (χ3n) is 4.24. The Balaban J connectivity index is 1.42. The lowest BCUT2D eigenvalue weighted by molar-refractivity contribution is -0.121. The molecule has 126 valence electrons. The fourth-order valence-electron chi connectivity index (χ4n) is 2.90. The lowest BCUT2D eigenvalue weighted by atomic mass is 10.1. The summed E-state index contributed by atoms with van der Waals surface area (Å²) in [6.45, 7) is 2.30. The van der Waals surface area contributed by atoms with Crippen LogP contribution in [-0.4, -0.2) is 5.91 Å². The Kier molecular flexibility index (Phi) is 5.20. The van der Waals surface area contributed by atoms with Gasteiger partial charge in [0.2, 0.25) is 5.91 Å². The van der Waals surface area contributed by atoms with Crippen LogP contribution in [-0.2, 0) is 30.8 Å². The van der Waals surface area contributed by atoms with Crippen molar-refractivity contribution in [2.24, 2.45) is 0 Å². The first kappa shape index (κ1) is 16.6. The predicted octanol–water partition coefficient (Wildman–Crippen LogP) is 3.21. The molecule has 0 bridgehead atoms. The highest BCUT2D eigenvalue weighted by molar-refractivity contribution is 5.75. The molecule has 3 rings (SSSR count). The second-order valence-corrected chi connectivity index (χ2v) is 6.09. The molecule has 2 aromatic rings. The number of benzene rings is 2. The largest absolute Gasteiger partial charge is 0.352 e. The van der Waals surface area contributed by atoms with E-state index in [-0.39, 0.29) is 5.91 Å². The van der Waals surface area contributed by atoms with Gasteiger partial charge in [0.15, 0.2) is 11.6 Å². The monoisotopic (exact) mass is 330 g/mol. The molecule has 1 heterocycles. The quantitative estimate of drug-likeness (QED) is 0.854. The minimum Gasteiger partial charge on any atom is -0.352 e. The minimum absolute atomic E-state index is 0.0313. The van der Waals surface area contributed by atoms with E-state index in [4.69, 9.17) is 0 Å². The molecule has 0 atom stereocenters. The van der Waals surface area contributed by atoms with Gasteiger partial charge in [-0.25, -0.2) is 8.78 Å². The molecule has 1 aliphatic heterocycles. The maximum absolute atomic E-state index is 13.1. The molecule has 0 radical (unpaired) electrons. The van der Waals surface area contributed by atoms with E-state index in [9.17, 15) is 13.6 Å². The van der Waals surface area contributed by atoms with Crippen molar-refractivity contribution in [2.75, 3.05) is 0 Å². The van der Waals surface area contributed by atoms with Crippen molar-refractivity contribution in [2.45, 2.75) is 38.9 Å². The molecular weight excluding hydrogens is 310 g/mol. The highest BCUT2D eigenvalue weighted by Crippen LogP contribution is 2.17. The summed E-state index contributed by atoms with van der Waals surface area (Å²) >= 11 is 0. The zero-order chi connectivity index (χ0) is 16.9. The van der Waals surface area contributed by atoms with E-state index >= 15 is 0 Å². The molecule has 0 saturated heterocycles. The number of fused-ring (bicyclic) bond motifs is 1. The Bertz CT molecular complexity index is 746. The number of hydrogen-bond acceptors (Lipinski definition) is 2. The summed E-state index contributed by atoms with van der Waals surface area (Å²) in [5.74, 6) is -1.72. The number of nitrogens with one attached hydrogen (secondary N) is 2. The molecule has 2 N–H and O–H groups in total. The van der Waals surface area contributed by atoms with Crippen molar-refractivity contribution in [1.29, 1.82) is 0 Å². The maximum atomic E-state index is 13.1. The van der Waals surface area contributed by atoms with Gasteiger partial charge in [-0.1, -0.05) is 24.3 Å². The Morgan fingerprint density at radius 2 is 1.79 bits per heavy atom. The van der Waals surface area contributed by atoms with Crippen LogP contribution in [0.15, 0.2) is 36.4 Å². The van der Waals surface area contributed by atoms with E-state index in [1.165, 1.54) is 17.2 Å². The van der Waals surface area contributed by atoms with Gasteiger partial charge >= 0.3 is 0 Å². The van der Waals surface area contributed by atoms with Gasteiger partial charge in [-0.05, 0) is 47.2 Å². The zero-order valence-corrected chi connectivity index (χ0v) is 13.4. The topological polar surface area (TPSA) is 41.1 Å². The van der Waals surface area contributed by atoms with Gasteiger partial charge in [0.1, 0.15) is 0 Å². The summed E-state index contributed by atoms with van der Waals surface area (Å²) in [4.78, 5) is 11.9. The van der Waals surface area contributed by atoms with Crippen molar-refractivity contribution >= 4 is 5.91 Å². The van der Waals surface area contributed by atoms with Crippen molar-refractivity contribution in [3.8, 4) is 0 Å². The summed E-state index contributed by atoms with van der Waals surface area (Å²) in [6, 6.07) is 10.1. The molecule has 1 amide bonds. The molecule has 2 aromatic carbocycles. The van der Waals surface area contributed by atoms with E-state index in [0.717, 1.165) is 24.7 Å². The number of rotatable bonds is 6. The van der Waals surface area contributed by atoms with Gasteiger partial charge in [0.05, 0.1) is 0 Å². The van der Waals surface area contributed by atoms with Gasteiger partial charge < -0.3 is 10.6 Å². The van der Waals surface area contributed by atoms with Crippen LogP contribution in [0.3, 0.4) is 0 Å². The predicted molar refractivity (Wildman–Crippen MR) is 88.1 cm³/mol. The van der Waals surface area contributed by atoms with Gasteiger partial charge in [-0.3, -0.25) is 4.79 Å². The summed E-state index contributed by atoms with van der Waals surface area (Å²) in [5, 5.41) is 6.20. The molecule has 24 heavy (non-hydrogen) atoms. The molecule has 0 saturated carbocycles. The van der Waals surface area contributed by atoms with E-state index in [1.807, 2.05) is 6.07 Å². The van der Waals surface area contributed by atoms with Crippen LogP contribution in [0, 0.1) is 11.6 Å². The van der Waals surface area contributed by atoms with Crippen molar-refractivity contribution in [1.82, 2.24) is 10.6 Å².